The number of hydrogen-bond acceptors (Lipinski definition) is 3. The maximum absolute atomic E-state index is 12.8. The summed E-state index contributed by atoms with van der Waals surface area (Å²) in [4.78, 5) is 14.6. The van der Waals surface area contributed by atoms with Crippen LogP contribution in [0.2, 0.25) is 0 Å². The standard InChI is InChI=1S/C19H20BrNO3/c20-17-8-4-5-9-18(17)21(16-10-12-23-13-11-16)19(22)24-14-15-6-2-1-3-7-15/h1-9,16H,10-14H2. The number of carbonyl (C=O) groups is 1. The molecular weight excluding hydrogens is 370 g/mol. The van der Waals surface area contributed by atoms with Gasteiger partial charge < -0.3 is 9.47 Å². The fourth-order valence-corrected chi connectivity index (χ4v) is 3.30. The molecule has 2 aromatic rings. The molecule has 126 valence electrons. The van der Waals surface area contributed by atoms with Gasteiger partial charge in [0.2, 0.25) is 0 Å². The first-order valence-corrected chi connectivity index (χ1v) is 8.87. The predicted octanol–water partition coefficient (Wildman–Crippen LogP) is 4.77. The van der Waals surface area contributed by atoms with Gasteiger partial charge in [0, 0.05) is 23.7 Å². The second-order valence-electron chi connectivity index (χ2n) is 5.71. The number of hydrogen-bond donors (Lipinski definition) is 0. The number of para-hydroxylation sites is 1. The van der Waals surface area contributed by atoms with Gasteiger partial charge in [0.25, 0.3) is 0 Å². The molecule has 1 amide bonds. The summed E-state index contributed by atoms with van der Waals surface area (Å²) in [7, 11) is 0. The van der Waals surface area contributed by atoms with Crippen LogP contribution in [0.1, 0.15) is 18.4 Å². The lowest BCUT2D eigenvalue weighted by atomic mass is 10.1. The van der Waals surface area contributed by atoms with Gasteiger partial charge in [-0.05, 0) is 46.5 Å². The Hall–Kier alpha value is -1.85. The van der Waals surface area contributed by atoms with Gasteiger partial charge in [-0.3, -0.25) is 4.90 Å². The third-order valence-electron chi connectivity index (χ3n) is 4.07. The molecule has 1 heterocycles. The molecule has 0 unspecified atom stereocenters. The lowest BCUT2D eigenvalue weighted by molar-refractivity contribution is 0.0805. The number of ether oxygens (including phenoxy) is 2. The lowest BCUT2D eigenvalue weighted by Gasteiger charge is -2.34. The van der Waals surface area contributed by atoms with Crippen LogP contribution in [0, 0.1) is 0 Å². The fourth-order valence-electron chi connectivity index (χ4n) is 2.82. The Bertz CT molecular complexity index is 671. The van der Waals surface area contributed by atoms with Crippen LogP contribution in [-0.4, -0.2) is 25.3 Å². The summed E-state index contributed by atoms with van der Waals surface area (Å²) in [6.45, 7) is 1.60. The minimum atomic E-state index is -0.322. The summed E-state index contributed by atoms with van der Waals surface area (Å²) in [6, 6.07) is 17.5. The molecule has 24 heavy (non-hydrogen) atoms. The second kappa shape index (κ2) is 8.31. The minimum Gasteiger partial charge on any atom is -0.444 e. The van der Waals surface area contributed by atoms with Gasteiger partial charge in [-0.15, -0.1) is 0 Å². The van der Waals surface area contributed by atoms with E-state index in [1.165, 1.54) is 0 Å². The molecule has 0 spiro atoms. The van der Waals surface area contributed by atoms with Crippen molar-refractivity contribution in [1.82, 2.24) is 0 Å². The Kier molecular flexibility index (Phi) is 5.88. The number of benzene rings is 2. The number of rotatable bonds is 4. The van der Waals surface area contributed by atoms with E-state index in [0.717, 1.165) is 28.6 Å². The maximum Gasteiger partial charge on any atom is 0.414 e. The zero-order chi connectivity index (χ0) is 16.8. The average Bonchev–Trinajstić information content (AvgIpc) is 2.64. The molecule has 4 nitrogen and oxygen atoms in total. The van der Waals surface area contributed by atoms with E-state index in [2.05, 4.69) is 15.9 Å². The van der Waals surface area contributed by atoms with E-state index in [1.54, 1.807) is 4.90 Å². The Morgan fingerprint density at radius 2 is 1.75 bits per heavy atom. The van der Waals surface area contributed by atoms with Crippen molar-refractivity contribution in [3.05, 3.63) is 64.6 Å². The molecule has 1 aliphatic heterocycles. The van der Waals surface area contributed by atoms with E-state index in [0.29, 0.717) is 13.2 Å². The van der Waals surface area contributed by atoms with Gasteiger partial charge >= 0.3 is 6.09 Å². The fraction of sp³-hybridized carbons (Fsp3) is 0.316. The van der Waals surface area contributed by atoms with Crippen molar-refractivity contribution in [2.45, 2.75) is 25.5 Å². The molecule has 0 aliphatic carbocycles. The number of anilines is 1. The monoisotopic (exact) mass is 389 g/mol. The third kappa shape index (κ3) is 4.16. The summed E-state index contributed by atoms with van der Waals surface area (Å²) in [5.41, 5.74) is 1.81. The van der Waals surface area contributed by atoms with Gasteiger partial charge in [0.05, 0.1) is 5.69 Å². The van der Waals surface area contributed by atoms with E-state index >= 15 is 0 Å². The summed E-state index contributed by atoms with van der Waals surface area (Å²) in [5.74, 6) is 0. The molecule has 0 atom stereocenters. The van der Waals surface area contributed by atoms with Gasteiger partial charge in [-0.1, -0.05) is 42.5 Å². The van der Waals surface area contributed by atoms with E-state index in [4.69, 9.17) is 9.47 Å². The first kappa shape index (κ1) is 17.0. The molecule has 1 fully saturated rings. The summed E-state index contributed by atoms with van der Waals surface area (Å²) < 4.78 is 11.9. The van der Waals surface area contributed by atoms with Crippen LogP contribution in [0.25, 0.3) is 0 Å². The molecule has 0 aromatic heterocycles. The zero-order valence-electron chi connectivity index (χ0n) is 13.4. The van der Waals surface area contributed by atoms with Gasteiger partial charge in [0.15, 0.2) is 0 Å². The van der Waals surface area contributed by atoms with Gasteiger partial charge in [0.1, 0.15) is 6.61 Å². The van der Waals surface area contributed by atoms with Crippen LogP contribution in [-0.2, 0) is 16.1 Å². The highest BCUT2D eigenvalue weighted by Crippen LogP contribution is 2.31. The van der Waals surface area contributed by atoms with Crippen molar-refractivity contribution < 1.29 is 14.3 Å². The molecule has 0 saturated carbocycles. The number of carbonyl (C=O) groups excluding carboxylic acids is 1. The average molecular weight is 390 g/mol. The topological polar surface area (TPSA) is 38.8 Å². The van der Waals surface area contributed by atoms with E-state index in [9.17, 15) is 4.79 Å². The van der Waals surface area contributed by atoms with E-state index < -0.39 is 0 Å². The summed E-state index contributed by atoms with van der Waals surface area (Å²) in [5, 5.41) is 0. The van der Waals surface area contributed by atoms with Crippen LogP contribution in [0.4, 0.5) is 10.5 Å². The molecule has 2 aromatic carbocycles. The Labute approximate surface area is 150 Å². The van der Waals surface area contributed by atoms with Crippen molar-refractivity contribution in [2.75, 3.05) is 18.1 Å². The smallest absolute Gasteiger partial charge is 0.414 e. The Morgan fingerprint density at radius 3 is 2.46 bits per heavy atom. The van der Waals surface area contributed by atoms with Crippen LogP contribution < -0.4 is 4.90 Å². The molecule has 0 radical (unpaired) electrons. The quantitative estimate of drug-likeness (QED) is 0.755. The largest absolute Gasteiger partial charge is 0.444 e. The van der Waals surface area contributed by atoms with E-state index in [1.807, 2.05) is 54.6 Å². The molecule has 0 bridgehead atoms. The Morgan fingerprint density at radius 1 is 1.08 bits per heavy atom. The minimum absolute atomic E-state index is 0.0840. The predicted molar refractivity (Wildman–Crippen MR) is 97.1 cm³/mol. The molecular formula is C19H20BrNO3. The molecule has 1 aliphatic rings. The third-order valence-corrected chi connectivity index (χ3v) is 4.74. The first-order valence-electron chi connectivity index (χ1n) is 8.08. The summed E-state index contributed by atoms with van der Waals surface area (Å²) in [6.07, 6.45) is 1.29. The van der Waals surface area contributed by atoms with Crippen molar-refractivity contribution in [2.24, 2.45) is 0 Å². The van der Waals surface area contributed by atoms with Crippen LogP contribution in [0.15, 0.2) is 59.1 Å². The number of halogens is 1. The molecule has 0 N–H and O–H groups in total. The van der Waals surface area contributed by atoms with Gasteiger partial charge in [-0.25, -0.2) is 4.79 Å². The normalized spacial score (nSPS) is 15.0. The van der Waals surface area contributed by atoms with Gasteiger partial charge in [-0.2, -0.15) is 0 Å². The van der Waals surface area contributed by atoms with Crippen LogP contribution >= 0.6 is 15.9 Å². The number of amides is 1. The van der Waals surface area contributed by atoms with Crippen LogP contribution in [0.3, 0.4) is 0 Å². The molecule has 5 heteroatoms. The van der Waals surface area contributed by atoms with Crippen LogP contribution in [0.5, 0.6) is 0 Å². The SMILES string of the molecule is O=C(OCc1ccccc1)N(c1ccccc1Br)C1CCOCC1. The molecule has 1 saturated heterocycles. The van der Waals surface area contributed by atoms with Crippen molar-refractivity contribution in [3.63, 3.8) is 0 Å². The number of nitrogens with zero attached hydrogens (tertiary/aromatic N) is 1. The Balaban J connectivity index is 1.78. The van der Waals surface area contributed by atoms with Crippen molar-refractivity contribution in [3.8, 4) is 0 Å². The molecule has 3 rings (SSSR count). The van der Waals surface area contributed by atoms with Crippen molar-refractivity contribution in [1.29, 1.82) is 0 Å². The zero-order valence-corrected chi connectivity index (χ0v) is 14.9. The highest BCUT2D eigenvalue weighted by molar-refractivity contribution is 9.10. The maximum atomic E-state index is 12.8. The summed E-state index contributed by atoms with van der Waals surface area (Å²) >= 11 is 3.55. The van der Waals surface area contributed by atoms with Crippen molar-refractivity contribution >= 4 is 27.7 Å². The van der Waals surface area contributed by atoms with E-state index in [-0.39, 0.29) is 18.7 Å². The lowest BCUT2D eigenvalue weighted by Crippen LogP contribution is -2.44. The second-order valence-corrected chi connectivity index (χ2v) is 6.56. The highest BCUT2D eigenvalue weighted by Gasteiger charge is 2.29. The highest BCUT2D eigenvalue weighted by atomic mass is 79.9. The first-order chi connectivity index (χ1) is 11.8.